The number of aryl methyl sites for hydroxylation is 1. The fourth-order valence-corrected chi connectivity index (χ4v) is 1.38. The van der Waals surface area contributed by atoms with E-state index in [-0.39, 0.29) is 12.0 Å². The van der Waals surface area contributed by atoms with Gasteiger partial charge in [0.15, 0.2) is 0 Å². The molecule has 1 aromatic heterocycles. The summed E-state index contributed by atoms with van der Waals surface area (Å²) in [4.78, 5) is 3.98. The van der Waals surface area contributed by atoms with Crippen molar-refractivity contribution in [2.45, 2.75) is 20.3 Å². The maximum Gasteiger partial charge on any atom is 0.150 e. The van der Waals surface area contributed by atoms with Gasteiger partial charge in [-0.05, 0) is 11.8 Å². The van der Waals surface area contributed by atoms with Gasteiger partial charge >= 0.3 is 0 Å². The molecule has 0 aliphatic carbocycles. The number of hydrogen-bond donors (Lipinski definition) is 1. The summed E-state index contributed by atoms with van der Waals surface area (Å²) in [5.74, 6) is 0. The van der Waals surface area contributed by atoms with Crippen LogP contribution >= 0.6 is 11.6 Å². The fraction of sp³-hybridized carbons (Fsp3) is 0.667. The molecule has 0 bridgehead atoms. The minimum Gasteiger partial charge on any atom is -0.396 e. The topological polar surface area (TPSA) is 38.0 Å². The molecule has 0 fully saturated rings. The van der Waals surface area contributed by atoms with Crippen LogP contribution in [0.1, 0.15) is 19.5 Å². The minimum absolute atomic E-state index is 0.141. The highest BCUT2D eigenvalue weighted by Gasteiger charge is 2.20. The van der Waals surface area contributed by atoms with Crippen molar-refractivity contribution in [3.63, 3.8) is 0 Å². The van der Waals surface area contributed by atoms with E-state index >= 15 is 0 Å². The van der Waals surface area contributed by atoms with Crippen molar-refractivity contribution in [1.82, 2.24) is 9.55 Å². The monoisotopic (exact) mass is 202 g/mol. The van der Waals surface area contributed by atoms with Gasteiger partial charge < -0.3 is 9.67 Å². The Morgan fingerprint density at radius 2 is 2.23 bits per heavy atom. The molecule has 0 spiro atoms. The summed E-state index contributed by atoms with van der Waals surface area (Å²) in [6.07, 6.45) is 2.42. The van der Waals surface area contributed by atoms with Crippen LogP contribution in [0.15, 0.2) is 6.33 Å². The Morgan fingerprint density at radius 3 is 2.62 bits per heavy atom. The van der Waals surface area contributed by atoms with Gasteiger partial charge in [0.25, 0.3) is 0 Å². The van der Waals surface area contributed by atoms with Crippen LogP contribution in [-0.2, 0) is 13.5 Å². The molecule has 13 heavy (non-hydrogen) atoms. The molecule has 0 radical (unpaired) electrons. The van der Waals surface area contributed by atoms with Gasteiger partial charge in [0.1, 0.15) is 5.15 Å². The molecule has 0 aliphatic rings. The van der Waals surface area contributed by atoms with Crippen molar-refractivity contribution < 1.29 is 5.11 Å². The van der Waals surface area contributed by atoms with Crippen LogP contribution in [0.4, 0.5) is 0 Å². The van der Waals surface area contributed by atoms with Crippen molar-refractivity contribution in [1.29, 1.82) is 0 Å². The highest BCUT2D eigenvalue weighted by molar-refractivity contribution is 6.30. The van der Waals surface area contributed by atoms with Gasteiger partial charge in [0.05, 0.1) is 12.0 Å². The van der Waals surface area contributed by atoms with Crippen LogP contribution in [-0.4, -0.2) is 21.3 Å². The van der Waals surface area contributed by atoms with E-state index in [4.69, 9.17) is 16.7 Å². The molecule has 74 valence electrons. The lowest BCUT2D eigenvalue weighted by Gasteiger charge is -2.21. The molecule has 0 saturated heterocycles. The summed E-state index contributed by atoms with van der Waals surface area (Å²) in [6, 6.07) is 0. The molecule has 1 N–H and O–H groups in total. The third-order valence-electron chi connectivity index (χ3n) is 2.08. The van der Waals surface area contributed by atoms with Crippen LogP contribution < -0.4 is 0 Å². The third-order valence-corrected chi connectivity index (χ3v) is 2.40. The van der Waals surface area contributed by atoms with Gasteiger partial charge in [-0.15, -0.1) is 0 Å². The quantitative estimate of drug-likeness (QED) is 0.809. The number of imidazole rings is 1. The molecule has 0 atom stereocenters. The SMILES string of the molecule is Cn1cnc(Cl)c1CC(C)(C)CO. The lowest BCUT2D eigenvalue weighted by molar-refractivity contribution is 0.158. The molecule has 0 unspecified atom stereocenters. The van der Waals surface area contributed by atoms with E-state index in [2.05, 4.69) is 4.98 Å². The Hall–Kier alpha value is -0.540. The van der Waals surface area contributed by atoms with Gasteiger partial charge in [-0.3, -0.25) is 0 Å². The first-order chi connectivity index (χ1) is 5.96. The number of halogens is 1. The lowest BCUT2D eigenvalue weighted by atomic mass is 9.89. The van der Waals surface area contributed by atoms with E-state index < -0.39 is 0 Å². The zero-order chi connectivity index (χ0) is 10.1. The van der Waals surface area contributed by atoms with Gasteiger partial charge in [-0.25, -0.2) is 4.98 Å². The van der Waals surface area contributed by atoms with Gasteiger partial charge in [0.2, 0.25) is 0 Å². The van der Waals surface area contributed by atoms with Crippen molar-refractivity contribution in [2.75, 3.05) is 6.61 Å². The maximum absolute atomic E-state index is 9.10. The molecule has 1 aromatic rings. The summed E-state index contributed by atoms with van der Waals surface area (Å²) < 4.78 is 1.89. The number of aliphatic hydroxyl groups is 1. The summed E-state index contributed by atoms with van der Waals surface area (Å²) in [5.41, 5.74) is 0.831. The summed E-state index contributed by atoms with van der Waals surface area (Å²) >= 11 is 5.89. The first kappa shape index (κ1) is 10.5. The van der Waals surface area contributed by atoms with Crippen LogP contribution in [0.5, 0.6) is 0 Å². The predicted molar refractivity (Wildman–Crippen MR) is 52.8 cm³/mol. The minimum atomic E-state index is -0.141. The van der Waals surface area contributed by atoms with E-state index in [1.54, 1.807) is 6.33 Å². The standard InChI is InChI=1S/C9H15ClN2O/c1-9(2,5-13)4-7-8(10)11-6-12(7)3/h6,13H,4-5H2,1-3H3. The van der Waals surface area contributed by atoms with Crippen molar-refractivity contribution in [2.24, 2.45) is 12.5 Å². The van der Waals surface area contributed by atoms with Crippen LogP contribution in [0.25, 0.3) is 0 Å². The Morgan fingerprint density at radius 1 is 1.62 bits per heavy atom. The molecular formula is C9H15ClN2O. The zero-order valence-corrected chi connectivity index (χ0v) is 8.97. The highest BCUT2D eigenvalue weighted by atomic mass is 35.5. The zero-order valence-electron chi connectivity index (χ0n) is 8.21. The number of hydrogen-bond acceptors (Lipinski definition) is 2. The van der Waals surface area contributed by atoms with E-state index in [0.29, 0.717) is 5.15 Å². The van der Waals surface area contributed by atoms with E-state index in [1.165, 1.54) is 0 Å². The third kappa shape index (κ3) is 2.45. The summed E-state index contributed by atoms with van der Waals surface area (Å²) in [5, 5.41) is 9.63. The fourth-order valence-electron chi connectivity index (χ4n) is 1.13. The van der Waals surface area contributed by atoms with Crippen LogP contribution in [0.3, 0.4) is 0 Å². The second kappa shape index (κ2) is 3.68. The second-order valence-corrected chi connectivity index (χ2v) is 4.45. The number of aromatic nitrogens is 2. The first-order valence-electron chi connectivity index (χ1n) is 4.23. The molecule has 1 rings (SSSR count). The largest absolute Gasteiger partial charge is 0.396 e. The number of nitrogens with zero attached hydrogens (tertiary/aromatic N) is 2. The van der Waals surface area contributed by atoms with E-state index in [9.17, 15) is 0 Å². The predicted octanol–water partition coefficient (Wildman–Crippen LogP) is 1.63. The Labute approximate surface area is 83.4 Å². The van der Waals surface area contributed by atoms with Crippen LogP contribution in [0.2, 0.25) is 5.15 Å². The summed E-state index contributed by atoms with van der Waals surface area (Å²) in [7, 11) is 1.90. The van der Waals surface area contributed by atoms with Crippen LogP contribution in [0, 0.1) is 5.41 Å². The maximum atomic E-state index is 9.10. The second-order valence-electron chi connectivity index (χ2n) is 4.09. The molecule has 0 aromatic carbocycles. The van der Waals surface area contributed by atoms with E-state index in [0.717, 1.165) is 12.1 Å². The average Bonchev–Trinajstić information content (AvgIpc) is 2.36. The summed E-state index contributed by atoms with van der Waals surface area (Å²) in [6.45, 7) is 4.14. The lowest BCUT2D eigenvalue weighted by Crippen LogP contribution is -2.21. The molecule has 3 nitrogen and oxygen atoms in total. The average molecular weight is 203 g/mol. The van der Waals surface area contributed by atoms with Crippen molar-refractivity contribution >= 4 is 11.6 Å². The Bertz CT molecular complexity index is 274. The van der Waals surface area contributed by atoms with Gasteiger partial charge in [0, 0.05) is 13.7 Å². The molecule has 0 saturated carbocycles. The van der Waals surface area contributed by atoms with E-state index in [1.807, 2.05) is 25.5 Å². The number of rotatable bonds is 3. The molecule has 0 aliphatic heterocycles. The molecular weight excluding hydrogens is 188 g/mol. The van der Waals surface area contributed by atoms with Gasteiger partial charge in [-0.1, -0.05) is 25.4 Å². The number of aliphatic hydroxyl groups excluding tert-OH is 1. The molecule has 0 amide bonds. The molecule has 1 heterocycles. The Kier molecular flexibility index (Phi) is 2.98. The highest BCUT2D eigenvalue weighted by Crippen LogP contribution is 2.24. The molecule has 4 heteroatoms. The smallest absolute Gasteiger partial charge is 0.150 e. The van der Waals surface area contributed by atoms with Gasteiger partial charge in [-0.2, -0.15) is 0 Å². The van der Waals surface area contributed by atoms with Crippen molar-refractivity contribution in [3.05, 3.63) is 17.2 Å². The Balaban J connectivity index is 2.85. The first-order valence-corrected chi connectivity index (χ1v) is 4.60. The van der Waals surface area contributed by atoms with Crippen molar-refractivity contribution in [3.8, 4) is 0 Å². The normalized spacial score (nSPS) is 12.1.